The largest absolute Gasteiger partial charge is 0.507 e. The second-order valence-electron chi connectivity index (χ2n) is 6.20. The molecule has 0 bridgehead atoms. The number of carbonyl (C=O) groups is 2. The number of esters is 1. The Balaban J connectivity index is 2.22. The average molecular weight is 735 g/mol. The Morgan fingerprint density at radius 1 is 1.10 bits per heavy atom. The number of methoxy groups -OCH3 is 1. The van der Waals surface area contributed by atoms with Crippen LogP contribution in [0.4, 0.5) is 0 Å². The smallest absolute Gasteiger partial charge is 0.328 e. The lowest BCUT2D eigenvalue weighted by Crippen LogP contribution is -2.43. The predicted octanol–water partition coefficient (Wildman–Crippen LogP) is 5.00. The van der Waals surface area contributed by atoms with Crippen LogP contribution in [0, 0.1) is 10.7 Å². The SMILES string of the molecule is CCCC(=O)NC(Cc1cc(I)c(Oc2ccc(O)c(I)c2)c(I)c1)C(=O)OC. The Labute approximate surface area is 210 Å². The van der Waals surface area contributed by atoms with Crippen LogP contribution in [0.15, 0.2) is 30.3 Å². The molecule has 0 aromatic heterocycles. The first-order valence-corrected chi connectivity index (χ1v) is 12.0. The van der Waals surface area contributed by atoms with E-state index in [0.717, 1.165) is 12.7 Å². The molecule has 2 aromatic carbocycles. The summed E-state index contributed by atoms with van der Waals surface area (Å²) in [6.45, 7) is 1.91. The fourth-order valence-corrected chi connectivity index (χ4v) is 5.17. The Morgan fingerprint density at radius 2 is 1.76 bits per heavy atom. The van der Waals surface area contributed by atoms with Crippen molar-refractivity contribution in [3.63, 3.8) is 0 Å². The lowest BCUT2D eigenvalue weighted by Gasteiger charge is -2.18. The summed E-state index contributed by atoms with van der Waals surface area (Å²) in [7, 11) is 1.31. The minimum atomic E-state index is -0.740. The number of halogens is 3. The number of ether oxygens (including phenoxy) is 2. The summed E-state index contributed by atoms with van der Waals surface area (Å²) >= 11 is 6.40. The number of rotatable bonds is 8. The van der Waals surface area contributed by atoms with E-state index in [1.165, 1.54) is 7.11 Å². The number of aromatic hydroxyl groups is 1. The molecule has 6 nitrogen and oxygen atoms in total. The molecule has 0 aliphatic carbocycles. The van der Waals surface area contributed by atoms with E-state index in [2.05, 4.69) is 50.5 Å². The first kappa shape index (κ1) is 24.4. The fourth-order valence-electron chi connectivity index (χ4n) is 2.56. The van der Waals surface area contributed by atoms with Crippen molar-refractivity contribution in [1.82, 2.24) is 5.32 Å². The highest BCUT2D eigenvalue weighted by Crippen LogP contribution is 2.35. The number of amides is 1. The van der Waals surface area contributed by atoms with Crippen molar-refractivity contribution >= 4 is 79.6 Å². The summed E-state index contributed by atoms with van der Waals surface area (Å²) in [6, 6.07) is 8.15. The first-order valence-electron chi connectivity index (χ1n) is 8.76. The van der Waals surface area contributed by atoms with E-state index < -0.39 is 12.0 Å². The first-order chi connectivity index (χ1) is 13.7. The number of carbonyl (C=O) groups excluding carboxylic acids is 2. The third-order valence-corrected chi connectivity index (χ3v) is 6.40. The Bertz CT molecular complexity index is 881. The minimum absolute atomic E-state index is 0.172. The fraction of sp³-hybridized carbons (Fsp3) is 0.300. The summed E-state index contributed by atoms with van der Waals surface area (Å²) in [6.07, 6.45) is 1.39. The molecule has 0 saturated heterocycles. The third-order valence-electron chi connectivity index (χ3n) is 3.93. The average Bonchev–Trinajstić information content (AvgIpc) is 2.66. The minimum Gasteiger partial charge on any atom is -0.507 e. The summed E-state index contributed by atoms with van der Waals surface area (Å²) in [5, 5.41) is 12.4. The number of benzene rings is 2. The predicted molar refractivity (Wildman–Crippen MR) is 135 cm³/mol. The van der Waals surface area contributed by atoms with E-state index >= 15 is 0 Å². The van der Waals surface area contributed by atoms with Crippen LogP contribution in [0.2, 0.25) is 0 Å². The van der Waals surface area contributed by atoms with Gasteiger partial charge in [-0.05, 0) is 110 Å². The second-order valence-corrected chi connectivity index (χ2v) is 9.69. The molecule has 0 heterocycles. The molecule has 1 amide bonds. The van der Waals surface area contributed by atoms with Gasteiger partial charge in [0.1, 0.15) is 17.5 Å². The highest BCUT2D eigenvalue weighted by molar-refractivity contribution is 14.1. The highest BCUT2D eigenvalue weighted by atomic mass is 127. The third kappa shape index (κ3) is 7.12. The Hall–Kier alpha value is -0.830. The molecule has 2 N–H and O–H groups in total. The summed E-state index contributed by atoms with van der Waals surface area (Å²) in [5.41, 5.74) is 0.888. The van der Waals surface area contributed by atoms with Crippen LogP contribution in [0.25, 0.3) is 0 Å². The number of hydrogen-bond acceptors (Lipinski definition) is 5. The van der Waals surface area contributed by atoms with E-state index in [1.54, 1.807) is 18.2 Å². The van der Waals surface area contributed by atoms with Crippen LogP contribution in [0.5, 0.6) is 17.2 Å². The molecule has 29 heavy (non-hydrogen) atoms. The number of nitrogens with one attached hydrogen (secondary N) is 1. The molecule has 0 spiro atoms. The van der Waals surface area contributed by atoms with Gasteiger partial charge in [-0.3, -0.25) is 4.79 Å². The maximum absolute atomic E-state index is 12.1. The normalized spacial score (nSPS) is 11.6. The van der Waals surface area contributed by atoms with Crippen molar-refractivity contribution in [3.05, 3.63) is 46.6 Å². The van der Waals surface area contributed by atoms with E-state index in [1.807, 2.05) is 41.6 Å². The van der Waals surface area contributed by atoms with Crippen LogP contribution in [-0.2, 0) is 20.7 Å². The highest BCUT2D eigenvalue weighted by Gasteiger charge is 2.23. The van der Waals surface area contributed by atoms with Gasteiger partial charge in [-0.1, -0.05) is 6.92 Å². The molecule has 2 rings (SSSR count). The van der Waals surface area contributed by atoms with Gasteiger partial charge in [0, 0.05) is 12.8 Å². The molecule has 2 aromatic rings. The molecule has 9 heteroatoms. The van der Waals surface area contributed by atoms with Gasteiger partial charge in [0.25, 0.3) is 0 Å². The van der Waals surface area contributed by atoms with Crippen LogP contribution >= 0.6 is 67.8 Å². The number of phenolic OH excluding ortho intramolecular Hbond substituents is 1. The summed E-state index contributed by atoms with van der Waals surface area (Å²) < 4.78 is 13.3. The second kappa shape index (κ2) is 11.5. The molecule has 0 radical (unpaired) electrons. The van der Waals surface area contributed by atoms with Crippen molar-refractivity contribution in [3.8, 4) is 17.2 Å². The lowest BCUT2D eigenvalue weighted by atomic mass is 10.1. The van der Waals surface area contributed by atoms with Crippen molar-refractivity contribution in [1.29, 1.82) is 0 Å². The van der Waals surface area contributed by atoms with Crippen LogP contribution in [-0.4, -0.2) is 30.1 Å². The number of phenols is 1. The van der Waals surface area contributed by atoms with E-state index in [9.17, 15) is 14.7 Å². The molecule has 0 fully saturated rings. The standard InChI is InChI=1S/C20H20I3NO5/c1-3-4-18(26)24-16(20(27)28-2)9-11-7-14(22)19(15(23)8-11)29-12-5-6-17(25)13(21)10-12/h5-8,10,16,25H,3-4,9H2,1-2H3,(H,24,26). The molecular weight excluding hydrogens is 715 g/mol. The molecule has 0 saturated carbocycles. The van der Waals surface area contributed by atoms with Gasteiger partial charge in [0.15, 0.2) is 5.75 Å². The van der Waals surface area contributed by atoms with Gasteiger partial charge in [-0.15, -0.1) is 0 Å². The molecular formula is C20H20I3NO5. The Kier molecular flexibility index (Phi) is 9.72. The van der Waals surface area contributed by atoms with Crippen molar-refractivity contribution < 1.29 is 24.2 Å². The van der Waals surface area contributed by atoms with E-state index in [-0.39, 0.29) is 11.7 Å². The van der Waals surface area contributed by atoms with E-state index in [0.29, 0.717) is 34.3 Å². The zero-order valence-electron chi connectivity index (χ0n) is 15.8. The quantitative estimate of drug-likeness (QED) is 0.295. The van der Waals surface area contributed by atoms with Gasteiger partial charge < -0.3 is 19.9 Å². The van der Waals surface area contributed by atoms with Gasteiger partial charge >= 0.3 is 5.97 Å². The van der Waals surface area contributed by atoms with E-state index in [4.69, 9.17) is 9.47 Å². The van der Waals surface area contributed by atoms with Crippen LogP contribution < -0.4 is 10.1 Å². The van der Waals surface area contributed by atoms with Crippen molar-refractivity contribution in [2.75, 3.05) is 7.11 Å². The van der Waals surface area contributed by atoms with Gasteiger partial charge in [0.2, 0.25) is 5.91 Å². The van der Waals surface area contributed by atoms with Crippen molar-refractivity contribution in [2.45, 2.75) is 32.2 Å². The zero-order valence-corrected chi connectivity index (χ0v) is 22.3. The van der Waals surface area contributed by atoms with Gasteiger partial charge in [-0.25, -0.2) is 4.79 Å². The van der Waals surface area contributed by atoms with Crippen molar-refractivity contribution in [2.24, 2.45) is 0 Å². The maximum atomic E-state index is 12.1. The molecule has 0 aliphatic heterocycles. The monoisotopic (exact) mass is 735 g/mol. The maximum Gasteiger partial charge on any atom is 0.328 e. The van der Waals surface area contributed by atoms with Gasteiger partial charge in [-0.2, -0.15) is 0 Å². The number of hydrogen-bond donors (Lipinski definition) is 2. The zero-order chi connectivity index (χ0) is 21.6. The molecule has 1 atom stereocenters. The van der Waals surface area contributed by atoms with Crippen LogP contribution in [0.3, 0.4) is 0 Å². The van der Waals surface area contributed by atoms with Crippen LogP contribution in [0.1, 0.15) is 25.3 Å². The molecule has 1 unspecified atom stereocenters. The van der Waals surface area contributed by atoms with Gasteiger partial charge in [0.05, 0.1) is 17.8 Å². The summed E-state index contributed by atoms with van der Waals surface area (Å²) in [5.74, 6) is 0.875. The summed E-state index contributed by atoms with van der Waals surface area (Å²) in [4.78, 5) is 24.1. The lowest BCUT2D eigenvalue weighted by molar-refractivity contribution is -0.145. The topological polar surface area (TPSA) is 84.9 Å². The molecule has 156 valence electrons. The Morgan fingerprint density at radius 3 is 2.31 bits per heavy atom. The molecule has 0 aliphatic rings.